The zero-order valence-corrected chi connectivity index (χ0v) is 12.6. The minimum Gasteiger partial charge on any atom is -0.459 e. The summed E-state index contributed by atoms with van der Waals surface area (Å²) >= 11 is 0. The highest BCUT2D eigenvalue weighted by Gasteiger charge is 2.25. The molecule has 1 aliphatic carbocycles. The van der Waals surface area contributed by atoms with E-state index in [-0.39, 0.29) is 18.2 Å². The second kappa shape index (κ2) is 6.48. The highest BCUT2D eigenvalue weighted by molar-refractivity contribution is 5.90. The second-order valence-corrected chi connectivity index (χ2v) is 5.95. The van der Waals surface area contributed by atoms with E-state index in [1.165, 1.54) is 5.56 Å². The Morgan fingerprint density at radius 1 is 1.24 bits per heavy atom. The average molecular weight is 289 g/mol. The standard InChI is InChI=1S/C17H23NO3/c1-20-14-5-2-6-15(11-14)21-17(19)13-7-8-16-12(10-13)4-3-9-18-16/h7-8,10,14-15,18H,2-6,9,11H2,1H3. The first-order chi connectivity index (χ1) is 10.3. The summed E-state index contributed by atoms with van der Waals surface area (Å²) in [6.07, 6.45) is 6.24. The van der Waals surface area contributed by atoms with Crippen LogP contribution in [0.3, 0.4) is 0 Å². The van der Waals surface area contributed by atoms with Crippen molar-refractivity contribution < 1.29 is 14.3 Å². The number of ether oxygens (including phenoxy) is 2. The lowest BCUT2D eigenvalue weighted by molar-refractivity contribution is -0.0149. The van der Waals surface area contributed by atoms with Gasteiger partial charge in [-0.05, 0) is 55.9 Å². The summed E-state index contributed by atoms with van der Waals surface area (Å²) in [6, 6.07) is 5.82. The molecule has 1 aliphatic heterocycles. The molecule has 1 N–H and O–H groups in total. The number of nitrogens with one attached hydrogen (secondary N) is 1. The number of carbonyl (C=O) groups is 1. The molecule has 4 nitrogen and oxygen atoms in total. The van der Waals surface area contributed by atoms with Crippen molar-refractivity contribution in [2.75, 3.05) is 19.0 Å². The molecule has 0 bridgehead atoms. The minimum absolute atomic E-state index is 0.00893. The van der Waals surface area contributed by atoms with Crippen LogP contribution < -0.4 is 5.32 Å². The molecule has 114 valence electrons. The fourth-order valence-electron chi connectivity index (χ4n) is 3.24. The van der Waals surface area contributed by atoms with Gasteiger partial charge in [0.05, 0.1) is 11.7 Å². The van der Waals surface area contributed by atoms with Crippen LogP contribution in [-0.4, -0.2) is 31.8 Å². The molecule has 0 aromatic heterocycles. The number of benzene rings is 1. The molecule has 0 spiro atoms. The molecule has 1 heterocycles. The molecule has 1 saturated carbocycles. The number of anilines is 1. The number of aryl methyl sites for hydroxylation is 1. The molecule has 2 unspecified atom stereocenters. The summed E-state index contributed by atoms with van der Waals surface area (Å²) in [4.78, 5) is 12.3. The lowest BCUT2D eigenvalue weighted by Gasteiger charge is -2.28. The zero-order chi connectivity index (χ0) is 14.7. The van der Waals surface area contributed by atoms with Crippen molar-refractivity contribution in [3.05, 3.63) is 29.3 Å². The van der Waals surface area contributed by atoms with Crippen molar-refractivity contribution in [3.8, 4) is 0 Å². The van der Waals surface area contributed by atoms with Gasteiger partial charge in [0.2, 0.25) is 0 Å². The van der Waals surface area contributed by atoms with Crippen LogP contribution in [0.5, 0.6) is 0 Å². The van der Waals surface area contributed by atoms with Gasteiger partial charge in [-0.2, -0.15) is 0 Å². The second-order valence-electron chi connectivity index (χ2n) is 5.95. The first-order valence-electron chi connectivity index (χ1n) is 7.87. The van der Waals surface area contributed by atoms with Gasteiger partial charge in [-0.15, -0.1) is 0 Å². The Kier molecular flexibility index (Phi) is 4.44. The summed E-state index contributed by atoms with van der Waals surface area (Å²) < 4.78 is 11.0. The predicted molar refractivity (Wildman–Crippen MR) is 81.7 cm³/mol. The SMILES string of the molecule is COC1CCCC(OC(=O)c2ccc3c(c2)CCCN3)C1. The number of hydrogen-bond acceptors (Lipinski definition) is 4. The van der Waals surface area contributed by atoms with Crippen LogP contribution in [0.4, 0.5) is 5.69 Å². The van der Waals surface area contributed by atoms with Crippen molar-refractivity contribution in [2.24, 2.45) is 0 Å². The van der Waals surface area contributed by atoms with Crippen LogP contribution in [0, 0.1) is 0 Å². The van der Waals surface area contributed by atoms with Crippen LogP contribution in [0.2, 0.25) is 0 Å². The van der Waals surface area contributed by atoms with Crippen LogP contribution in [0.25, 0.3) is 0 Å². The van der Waals surface area contributed by atoms with E-state index in [4.69, 9.17) is 9.47 Å². The molecule has 3 rings (SSSR count). The quantitative estimate of drug-likeness (QED) is 0.868. The highest BCUT2D eigenvalue weighted by atomic mass is 16.5. The van der Waals surface area contributed by atoms with E-state index in [1.54, 1.807) is 7.11 Å². The van der Waals surface area contributed by atoms with Crippen molar-refractivity contribution in [1.82, 2.24) is 0 Å². The number of rotatable bonds is 3. The van der Waals surface area contributed by atoms with Gasteiger partial charge >= 0.3 is 5.97 Å². The Hall–Kier alpha value is -1.55. The largest absolute Gasteiger partial charge is 0.459 e. The molecular formula is C17H23NO3. The zero-order valence-electron chi connectivity index (χ0n) is 12.6. The molecule has 1 aromatic carbocycles. The summed E-state index contributed by atoms with van der Waals surface area (Å²) in [6.45, 7) is 1.01. The topological polar surface area (TPSA) is 47.6 Å². The van der Waals surface area contributed by atoms with Crippen LogP contribution in [-0.2, 0) is 15.9 Å². The lowest BCUT2D eigenvalue weighted by Crippen LogP contribution is -2.29. The number of fused-ring (bicyclic) bond motifs is 1. The third-order valence-electron chi connectivity index (χ3n) is 4.46. The Morgan fingerprint density at radius 2 is 2.10 bits per heavy atom. The average Bonchev–Trinajstić information content (AvgIpc) is 2.54. The Morgan fingerprint density at radius 3 is 2.95 bits per heavy atom. The molecular weight excluding hydrogens is 266 g/mol. The van der Waals surface area contributed by atoms with Crippen molar-refractivity contribution in [1.29, 1.82) is 0 Å². The molecule has 0 radical (unpaired) electrons. The number of methoxy groups -OCH3 is 1. The molecule has 0 saturated heterocycles. The smallest absolute Gasteiger partial charge is 0.338 e. The molecule has 2 atom stereocenters. The molecule has 2 aliphatic rings. The van der Waals surface area contributed by atoms with E-state index in [9.17, 15) is 4.79 Å². The van der Waals surface area contributed by atoms with E-state index in [0.717, 1.165) is 50.8 Å². The molecule has 1 fully saturated rings. The van der Waals surface area contributed by atoms with Crippen molar-refractivity contribution in [3.63, 3.8) is 0 Å². The van der Waals surface area contributed by atoms with Gasteiger partial charge in [0, 0.05) is 25.8 Å². The van der Waals surface area contributed by atoms with Gasteiger partial charge in [-0.3, -0.25) is 0 Å². The fraction of sp³-hybridized carbons (Fsp3) is 0.588. The number of carbonyl (C=O) groups excluding carboxylic acids is 1. The normalized spacial score (nSPS) is 24.8. The fourth-order valence-corrected chi connectivity index (χ4v) is 3.24. The maximum absolute atomic E-state index is 12.3. The molecule has 0 amide bonds. The number of hydrogen-bond donors (Lipinski definition) is 1. The summed E-state index contributed by atoms with van der Waals surface area (Å²) in [7, 11) is 1.73. The first kappa shape index (κ1) is 14.4. The Labute approximate surface area is 125 Å². The van der Waals surface area contributed by atoms with Gasteiger partial charge in [0.25, 0.3) is 0 Å². The van der Waals surface area contributed by atoms with E-state index >= 15 is 0 Å². The monoisotopic (exact) mass is 289 g/mol. The predicted octanol–water partition coefficient (Wildman–Crippen LogP) is 3.16. The van der Waals surface area contributed by atoms with Crippen molar-refractivity contribution in [2.45, 2.75) is 50.7 Å². The van der Waals surface area contributed by atoms with Crippen molar-refractivity contribution >= 4 is 11.7 Å². The minimum atomic E-state index is -0.204. The highest BCUT2D eigenvalue weighted by Crippen LogP contribution is 2.26. The van der Waals surface area contributed by atoms with Gasteiger partial charge < -0.3 is 14.8 Å². The first-order valence-corrected chi connectivity index (χ1v) is 7.87. The molecule has 4 heteroatoms. The van der Waals surface area contributed by atoms with E-state index in [0.29, 0.717) is 5.56 Å². The summed E-state index contributed by atoms with van der Waals surface area (Å²) in [5.41, 5.74) is 3.03. The van der Waals surface area contributed by atoms with E-state index in [2.05, 4.69) is 5.32 Å². The number of esters is 1. The Balaban J connectivity index is 1.65. The Bertz CT molecular complexity index is 515. The van der Waals surface area contributed by atoms with Gasteiger partial charge in [-0.1, -0.05) is 0 Å². The molecule has 1 aromatic rings. The van der Waals surface area contributed by atoms with Gasteiger partial charge in [0.1, 0.15) is 6.10 Å². The maximum Gasteiger partial charge on any atom is 0.338 e. The van der Waals surface area contributed by atoms with E-state index in [1.807, 2.05) is 18.2 Å². The van der Waals surface area contributed by atoms with Gasteiger partial charge in [0.15, 0.2) is 0 Å². The maximum atomic E-state index is 12.3. The third-order valence-corrected chi connectivity index (χ3v) is 4.46. The van der Waals surface area contributed by atoms with Crippen LogP contribution >= 0.6 is 0 Å². The van der Waals surface area contributed by atoms with Gasteiger partial charge in [-0.25, -0.2) is 4.79 Å². The summed E-state index contributed by atoms with van der Waals surface area (Å²) in [5, 5.41) is 3.35. The van der Waals surface area contributed by atoms with Crippen LogP contribution in [0.1, 0.15) is 48.0 Å². The summed E-state index contributed by atoms with van der Waals surface area (Å²) in [5.74, 6) is -0.204. The molecule has 21 heavy (non-hydrogen) atoms. The lowest BCUT2D eigenvalue weighted by atomic mass is 9.95. The third kappa shape index (κ3) is 3.38. The van der Waals surface area contributed by atoms with E-state index < -0.39 is 0 Å². The van der Waals surface area contributed by atoms with Crippen LogP contribution in [0.15, 0.2) is 18.2 Å².